The molecular weight excluding hydrogens is 342 g/mol. The van der Waals surface area contributed by atoms with Crippen LogP contribution in [0.1, 0.15) is 19.4 Å². The van der Waals surface area contributed by atoms with Crippen LogP contribution in [0.3, 0.4) is 0 Å². The minimum absolute atomic E-state index is 0.253. The maximum atomic E-state index is 12.2. The fourth-order valence-corrected chi connectivity index (χ4v) is 2.54. The Morgan fingerprint density at radius 3 is 2.81 bits per heavy atom. The molecule has 2 aromatic carbocycles. The van der Waals surface area contributed by atoms with Gasteiger partial charge in [-0.3, -0.25) is 10.2 Å². The zero-order valence-electron chi connectivity index (χ0n) is 15.7. The number of para-hydroxylation sites is 2. The molecule has 6 nitrogen and oxygen atoms in total. The van der Waals surface area contributed by atoms with Crippen molar-refractivity contribution >= 4 is 23.0 Å². The largest absolute Gasteiger partial charge is 0.493 e. The molecule has 1 heterocycles. The highest BCUT2D eigenvalue weighted by Crippen LogP contribution is 2.29. The SMILES string of the molecule is COc1cc(/C=C/C(=O)Nn2cnc3ccccc32)ccc1OCC(C)C. The van der Waals surface area contributed by atoms with E-state index < -0.39 is 0 Å². The van der Waals surface area contributed by atoms with E-state index in [0.29, 0.717) is 24.0 Å². The van der Waals surface area contributed by atoms with E-state index in [1.165, 1.54) is 6.08 Å². The maximum absolute atomic E-state index is 12.2. The number of nitrogens with one attached hydrogen (secondary N) is 1. The molecule has 0 aliphatic carbocycles. The molecule has 0 aliphatic heterocycles. The summed E-state index contributed by atoms with van der Waals surface area (Å²) in [6.07, 6.45) is 4.78. The molecule has 6 heteroatoms. The number of ether oxygens (including phenoxy) is 2. The molecule has 0 atom stereocenters. The van der Waals surface area contributed by atoms with Crippen molar-refractivity contribution in [3.8, 4) is 11.5 Å². The second-order valence-corrected chi connectivity index (χ2v) is 6.53. The van der Waals surface area contributed by atoms with Crippen LogP contribution in [-0.4, -0.2) is 29.3 Å². The van der Waals surface area contributed by atoms with Crippen LogP contribution in [0.5, 0.6) is 11.5 Å². The van der Waals surface area contributed by atoms with Crippen molar-refractivity contribution in [1.82, 2.24) is 9.66 Å². The predicted octanol–water partition coefficient (Wildman–Crippen LogP) is 3.86. The molecule has 1 aromatic heterocycles. The normalized spacial score (nSPS) is 11.3. The molecule has 0 saturated carbocycles. The van der Waals surface area contributed by atoms with Gasteiger partial charge >= 0.3 is 0 Å². The quantitative estimate of drug-likeness (QED) is 0.646. The summed E-state index contributed by atoms with van der Waals surface area (Å²) in [6, 6.07) is 13.2. The number of carbonyl (C=O) groups is 1. The van der Waals surface area contributed by atoms with Crippen molar-refractivity contribution in [3.05, 3.63) is 60.4 Å². The fraction of sp³-hybridized carbons (Fsp3) is 0.238. The third kappa shape index (κ3) is 4.67. The standard InChI is InChI=1S/C21H23N3O3/c1-15(2)13-27-19-10-8-16(12-20(19)26-3)9-11-21(25)23-24-14-22-17-6-4-5-7-18(17)24/h4-12,14-15H,13H2,1-3H3,(H,23,25)/b11-9+. The third-order valence-corrected chi connectivity index (χ3v) is 3.87. The van der Waals surface area contributed by atoms with Crippen LogP contribution in [0.4, 0.5) is 0 Å². The van der Waals surface area contributed by atoms with Gasteiger partial charge in [-0.2, -0.15) is 0 Å². The first-order valence-electron chi connectivity index (χ1n) is 8.79. The number of aromatic nitrogens is 2. The molecule has 0 fully saturated rings. The number of methoxy groups -OCH3 is 1. The molecule has 1 N–H and O–H groups in total. The van der Waals surface area contributed by atoms with Crippen molar-refractivity contribution in [2.45, 2.75) is 13.8 Å². The number of imidazole rings is 1. The Bertz CT molecular complexity index is 960. The van der Waals surface area contributed by atoms with Crippen LogP contribution in [0, 0.1) is 5.92 Å². The van der Waals surface area contributed by atoms with Crippen molar-refractivity contribution in [3.63, 3.8) is 0 Å². The van der Waals surface area contributed by atoms with E-state index in [2.05, 4.69) is 24.3 Å². The lowest BCUT2D eigenvalue weighted by atomic mass is 10.2. The lowest BCUT2D eigenvalue weighted by molar-refractivity contribution is -0.112. The summed E-state index contributed by atoms with van der Waals surface area (Å²) < 4.78 is 12.7. The first-order chi connectivity index (χ1) is 13.1. The number of rotatable bonds is 7. The molecule has 1 amide bonds. The van der Waals surface area contributed by atoms with Crippen LogP contribution in [0.2, 0.25) is 0 Å². The minimum atomic E-state index is -0.253. The molecule has 0 aliphatic rings. The minimum Gasteiger partial charge on any atom is -0.493 e. The molecule has 0 unspecified atom stereocenters. The Morgan fingerprint density at radius 2 is 2.04 bits per heavy atom. The van der Waals surface area contributed by atoms with E-state index in [1.807, 2.05) is 42.5 Å². The van der Waals surface area contributed by atoms with Gasteiger partial charge in [0, 0.05) is 6.08 Å². The number of carbonyl (C=O) groups excluding carboxylic acids is 1. The maximum Gasteiger partial charge on any atom is 0.262 e. The van der Waals surface area contributed by atoms with Gasteiger partial charge in [-0.05, 0) is 41.8 Å². The van der Waals surface area contributed by atoms with Crippen LogP contribution < -0.4 is 14.9 Å². The topological polar surface area (TPSA) is 65.4 Å². The van der Waals surface area contributed by atoms with Crippen molar-refractivity contribution < 1.29 is 14.3 Å². The number of fused-ring (bicyclic) bond motifs is 1. The van der Waals surface area contributed by atoms with Gasteiger partial charge in [-0.1, -0.05) is 32.0 Å². The highest BCUT2D eigenvalue weighted by atomic mass is 16.5. The second-order valence-electron chi connectivity index (χ2n) is 6.53. The first-order valence-corrected chi connectivity index (χ1v) is 8.79. The first kappa shape index (κ1) is 18.5. The van der Waals surface area contributed by atoms with E-state index in [-0.39, 0.29) is 5.91 Å². The average molecular weight is 365 g/mol. The van der Waals surface area contributed by atoms with Crippen LogP contribution in [-0.2, 0) is 4.79 Å². The summed E-state index contributed by atoms with van der Waals surface area (Å²) in [4.78, 5) is 16.5. The zero-order valence-corrected chi connectivity index (χ0v) is 15.7. The van der Waals surface area contributed by atoms with Crippen LogP contribution in [0.15, 0.2) is 54.9 Å². The van der Waals surface area contributed by atoms with E-state index in [4.69, 9.17) is 9.47 Å². The van der Waals surface area contributed by atoms with Gasteiger partial charge in [0.25, 0.3) is 5.91 Å². The smallest absolute Gasteiger partial charge is 0.262 e. The Balaban J connectivity index is 1.68. The average Bonchev–Trinajstić information content (AvgIpc) is 3.08. The Morgan fingerprint density at radius 1 is 1.22 bits per heavy atom. The van der Waals surface area contributed by atoms with Gasteiger partial charge < -0.3 is 9.47 Å². The lowest BCUT2D eigenvalue weighted by Crippen LogP contribution is -2.19. The van der Waals surface area contributed by atoms with Gasteiger partial charge in [0.2, 0.25) is 0 Å². The summed E-state index contributed by atoms with van der Waals surface area (Å²) in [5, 5.41) is 0. The monoisotopic (exact) mass is 365 g/mol. The zero-order chi connectivity index (χ0) is 19.2. The predicted molar refractivity (Wildman–Crippen MR) is 106 cm³/mol. The highest BCUT2D eigenvalue weighted by Gasteiger charge is 2.07. The lowest BCUT2D eigenvalue weighted by Gasteiger charge is -2.12. The summed E-state index contributed by atoms with van der Waals surface area (Å²) in [6.45, 7) is 4.80. The molecule has 27 heavy (non-hydrogen) atoms. The third-order valence-electron chi connectivity index (χ3n) is 3.87. The van der Waals surface area contributed by atoms with Gasteiger partial charge in [0.1, 0.15) is 6.33 Å². The molecule has 0 radical (unpaired) electrons. The van der Waals surface area contributed by atoms with Gasteiger partial charge in [-0.15, -0.1) is 0 Å². The molecule has 0 spiro atoms. The Labute approximate surface area is 158 Å². The van der Waals surface area contributed by atoms with Gasteiger partial charge in [0.05, 0.1) is 24.8 Å². The van der Waals surface area contributed by atoms with Gasteiger partial charge in [0.15, 0.2) is 11.5 Å². The molecule has 3 rings (SSSR count). The van der Waals surface area contributed by atoms with E-state index in [9.17, 15) is 4.79 Å². The fourth-order valence-electron chi connectivity index (χ4n) is 2.54. The van der Waals surface area contributed by atoms with E-state index in [0.717, 1.165) is 16.6 Å². The van der Waals surface area contributed by atoms with E-state index in [1.54, 1.807) is 24.2 Å². The summed E-state index contributed by atoms with van der Waals surface area (Å²) in [5.74, 6) is 1.51. The number of hydrogen-bond acceptors (Lipinski definition) is 4. The van der Waals surface area contributed by atoms with Crippen LogP contribution in [0.25, 0.3) is 17.1 Å². The van der Waals surface area contributed by atoms with Crippen molar-refractivity contribution in [1.29, 1.82) is 0 Å². The molecule has 140 valence electrons. The summed E-state index contributed by atoms with van der Waals surface area (Å²) >= 11 is 0. The van der Waals surface area contributed by atoms with Crippen molar-refractivity contribution in [2.75, 3.05) is 19.1 Å². The second kappa shape index (κ2) is 8.40. The van der Waals surface area contributed by atoms with Crippen LogP contribution >= 0.6 is 0 Å². The molecule has 0 bridgehead atoms. The Kier molecular flexibility index (Phi) is 5.76. The number of amides is 1. The highest BCUT2D eigenvalue weighted by molar-refractivity contribution is 5.98. The molecular formula is C21H23N3O3. The van der Waals surface area contributed by atoms with Gasteiger partial charge in [-0.25, -0.2) is 9.66 Å². The number of hydrogen-bond donors (Lipinski definition) is 1. The van der Waals surface area contributed by atoms with Crippen molar-refractivity contribution in [2.24, 2.45) is 5.92 Å². The molecule has 0 saturated heterocycles. The summed E-state index contributed by atoms with van der Waals surface area (Å²) in [7, 11) is 1.60. The molecule has 3 aromatic rings. The Hall–Kier alpha value is -3.28. The van der Waals surface area contributed by atoms with E-state index >= 15 is 0 Å². The number of nitrogens with zero attached hydrogens (tertiary/aromatic N) is 2. The number of benzene rings is 2. The summed E-state index contributed by atoms with van der Waals surface area (Å²) in [5.41, 5.74) is 5.29.